The van der Waals surface area contributed by atoms with Crippen LogP contribution in [0.5, 0.6) is 0 Å². The Morgan fingerprint density at radius 3 is 2.38 bits per heavy atom. The fourth-order valence-electron chi connectivity index (χ4n) is 3.38. The molecule has 1 aromatic rings. The second-order valence-corrected chi connectivity index (χ2v) is 7.17. The van der Waals surface area contributed by atoms with Gasteiger partial charge in [0.15, 0.2) is 5.96 Å². The van der Waals surface area contributed by atoms with Crippen molar-refractivity contribution in [1.29, 1.82) is 0 Å². The standard InChI is InChI=1S/C22H35N5O2/c1-4-23-22(24-14-13-21(29)26(5-2)6-3)25-16-18-9-11-19(12-10-18)17-27-15-7-8-20(27)28/h9-12H,4-8,13-17H2,1-3H3,(H2,23,24,25). The minimum atomic E-state index is 0.158. The van der Waals surface area contributed by atoms with Crippen molar-refractivity contribution < 1.29 is 9.59 Å². The van der Waals surface area contributed by atoms with Crippen LogP contribution < -0.4 is 10.6 Å². The van der Waals surface area contributed by atoms with Crippen LogP contribution in [0.15, 0.2) is 29.3 Å². The van der Waals surface area contributed by atoms with Crippen molar-refractivity contribution in [2.24, 2.45) is 4.99 Å². The Hall–Kier alpha value is -2.57. The summed E-state index contributed by atoms with van der Waals surface area (Å²) in [5.41, 5.74) is 2.26. The Balaban J connectivity index is 1.84. The average Bonchev–Trinajstić information content (AvgIpc) is 3.12. The molecular weight excluding hydrogens is 366 g/mol. The Morgan fingerprint density at radius 2 is 1.79 bits per heavy atom. The number of nitrogens with one attached hydrogen (secondary N) is 2. The van der Waals surface area contributed by atoms with E-state index >= 15 is 0 Å². The maximum Gasteiger partial charge on any atom is 0.224 e. The van der Waals surface area contributed by atoms with Gasteiger partial charge in [0.2, 0.25) is 11.8 Å². The lowest BCUT2D eigenvalue weighted by Crippen LogP contribution is -2.40. The number of hydrogen-bond acceptors (Lipinski definition) is 3. The lowest BCUT2D eigenvalue weighted by Gasteiger charge is -2.19. The van der Waals surface area contributed by atoms with Crippen molar-refractivity contribution in [2.75, 3.05) is 32.7 Å². The fraction of sp³-hybridized carbons (Fsp3) is 0.591. The van der Waals surface area contributed by atoms with Crippen molar-refractivity contribution in [3.05, 3.63) is 35.4 Å². The second-order valence-electron chi connectivity index (χ2n) is 7.17. The molecule has 1 aliphatic heterocycles. The van der Waals surface area contributed by atoms with Crippen LogP contribution in [0.3, 0.4) is 0 Å². The number of rotatable bonds is 10. The molecule has 1 saturated heterocycles. The van der Waals surface area contributed by atoms with Crippen LogP contribution in [0.25, 0.3) is 0 Å². The largest absolute Gasteiger partial charge is 0.357 e. The van der Waals surface area contributed by atoms with Crippen molar-refractivity contribution in [1.82, 2.24) is 20.4 Å². The number of benzene rings is 1. The molecule has 1 fully saturated rings. The van der Waals surface area contributed by atoms with Gasteiger partial charge in [-0.3, -0.25) is 9.59 Å². The quantitative estimate of drug-likeness (QED) is 0.465. The first kappa shape index (κ1) is 22.7. The van der Waals surface area contributed by atoms with Crippen LogP contribution >= 0.6 is 0 Å². The molecule has 0 atom stereocenters. The number of hydrogen-bond donors (Lipinski definition) is 2. The van der Waals surface area contributed by atoms with Crippen LogP contribution in [0, 0.1) is 0 Å². The van der Waals surface area contributed by atoms with E-state index in [1.165, 1.54) is 0 Å². The molecule has 7 heteroatoms. The summed E-state index contributed by atoms with van der Waals surface area (Å²) < 4.78 is 0. The van der Waals surface area contributed by atoms with E-state index in [2.05, 4.69) is 39.9 Å². The molecule has 0 bridgehead atoms. The van der Waals surface area contributed by atoms with Gasteiger partial charge in [-0.2, -0.15) is 0 Å². The molecule has 1 aromatic carbocycles. The summed E-state index contributed by atoms with van der Waals surface area (Å²) in [4.78, 5) is 32.2. The van der Waals surface area contributed by atoms with E-state index in [4.69, 9.17) is 0 Å². The lowest BCUT2D eigenvalue weighted by molar-refractivity contribution is -0.130. The van der Waals surface area contributed by atoms with Crippen LogP contribution in [-0.2, 0) is 22.7 Å². The van der Waals surface area contributed by atoms with Crippen molar-refractivity contribution in [3.8, 4) is 0 Å². The first-order chi connectivity index (χ1) is 14.1. The maximum atomic E-state index is 12.1. The molecule has 2 N–H and O–H groups in total. The molecule has 2 amide bonds. The summed E-state index contributed by atoms with van der Waals surface area (Å²) in [6, 6.07) is 8.26. The number of aliphatic imine (C=N–C) groups is 1. The van der Waals surface area contributed by atoms with Gasteiger partial charge in [0.05, 0.1) is 6.54 Å². The highest BCUT2D eigenvalue weighted by Crippen LogP contribution is 2.15. The first-order valence-corrected chi connectivity index (χ1v) is 10.7. The van der Waals surface area contributed by atoms with E-state index in [0.29, 0.717) is 38.4 Å². The molecule has 1 aliphatic rings. The number of nitrogens with zero attached hydrogens (tertiary/aromatic N) is 3. The third-order valence-electron chi connectivity index (χ3n) is 5.08. The topological polar surface area (TPSA) is 77.0 Å². The zero-order valence-electron chi connectivity index (χ0n) is 18.0. The third kappa shape index (κ3) is 7.40. The Kier molecular flexibility index (Phi) is 9.47. The molecule has 0 radical (unpaired) electrons. The molecule has 29 heavy (non-hydrogen) atoms. The molecule has 7 nitrogen and oxygen atoms in total. The highest BCUT2D eigenvalue weighted by Gasteiger charge is 2.19. The van der Waals surface area contributed by atoms with Crippen LogP contribution in [-0.4, -0.2) is 60.3 Å². The van der Waals surface area contributed by atoms with Crippen molar-refractivity contribution in [2.45, 2.75) is 53.1 Å². The van der Waals surface area contributed by atoms with Gasteiger partial charge in [0, 0.05) is 52.1 Å². The third-order valence-corrected chi connectivity index (χ3v) is 5.08. The van der Waals surface area contributed by atoms with E-state index in [9.17, 15) is 9.59 Å². The molecule has 160 valence electrons. The molecule has 0 aliphatic carbocycles. The fourth-order valence-corrected chi connectivity index (χ4v) is 3.38. The normalized spacial score (nSPS) is 14.2. The highest BCUT2D eigenvalue weighted by atomic mass is 16.2. The summed E-state index contributed by atoms with van der Waals surface area (Å²) in [5, 5.41) is 6.45. The monoisotopic (exact) mass is 401 g/mol. The first-order valence-electron chi connectivity index (χ1n) is 10.7. The van der Waals surface area contributed by atoms with Gasteiger partial charge in [-0.1, -0.05) is 24.3 Å². The highest BCUT2D eigenvalue weighted by molar-refractivity contribution is 5.81. The van der Waals surface area contributed by atoms with E-state index in [1.807, 2.05) is 30.6 Å². The van der Waals surface area contributed by atoms with Crippen molar-refractivity contribution in [3.63, 3.8) is 0 Å². The van der Waals surface area contributed by atoms with Gasteiger partial charge in [0.25, 0.3) is 0 Å². The minimum Gasteiger partial charge on any atom is -0.357 e. The van der Waals surface area contributed by atoms with E-state index < -0.39 is 0 Å². The molecule has 0 unspecified atom stereocenters. The summed E-state index contributed by atoms with van der Waals surface area (Å²) in [5.74, 6) is 1.12. The Labute approximate surface area is 174 Å². The summed E-state index contributed by atoms with van der Waals surface area (Å²) in [6.45, 7) is 10.9. The van der Waals surface area contributed by atoms with E-state index in [1.54, 1.807) is 0 Å². The number of guanidine groups is 1. The van der Waals surface area contributed by atoms with Gasteiger partial charge in [-0.05, 0) is 38.3 Å². The molecule has 0 spiro atoms. The van der Waals surface area contributed by atoms with E-state index in [-0.39, 0.29) is 11.8 Å². The molecule has 0 saturated carbocycles. The van der Waals surface area contributed by atoms with Gasteiger partial charge < -0.3 is 20.4 Å². The summed E-state index contributed by atoms with van der Waals surface area (Å²) in [7, 11) is 0. The van der Waals surface area contributed by atoms with Crippen molar-refractivity contribution >= 4 is 17.8 Å². The number of carbonyl (C=O) groups is 2. The number of likely N-dealkylation sites (tertiary alicyclic amines) is 1. The minimum absolute atomic E-state index is 0.158. The maximum absolute atomic E-state index is 12.1. The van der Waals surface area contributed by atoms with Gasteiger partial charge >= 0.3 is 0 Å². The molecule has 0 aromatic heterocycles. The molecule has 1 heterocycles. The molecular formula is C22H35N5O2. The van der Waals surface area contributed by atoms with Gasteiger partial charge in [-0.25, -0.2) is 4.99 Å². The summed E-state index contributed by atoms with van der Waals surface area (Å²) in [6.07, 6.45) is 2.09. The molecule has 2 rings (SSSR count). The predicted octanol–water partition coefficient (Wildman–Crippen LogP) is 2.12. The van der Waals surface area contributed by atoms with Crippen LogP contribution in [0.1, 0.15) is 51.2 Å². The number of carbonyl (C=O) groups excluding carboxylic acids is 2. The summed E-state index contributed by atoms with van der Waals surface area (Å²) >= 11 is 0. The van der Waals surface area contributed by atoms with Gasteiger partial charge in [0.1, 0.15) is 0 Å². The van der Waals surface area contributed by atoms with E-state index in [0.717, 1.165) is 43.7 Å². The number of amides is 2. The van der Waals surface area contributed by atoms with Crippen LogP contribution in [0.4, 0.5) is 0 Å². The smallest absolute Gasteiger partial charge is 0.224 e. The Bertz CT molecular complexity index is 683. The van der Waals surface area contributed by atoms with Gasteiger partial charge in [-0.15, -0.1) is 0 Å². The zero-order chi connectivity index (χ0) is 21.1. The Morgan fingerprint density at radius 1 is 1.10 bits per heavy atom. The lowest BCUT2D eigenvalue weighted by atomic mass is 10.1. The van der Waals surface area contributed by atoms with Crippen LogP contribution in [0.2, 0.25) is 0 Å². The predicted molar refractivity (Wildman–Crippen MR) is 116 cm³/mol. The second kappa shape index (κ2) is 12.1. The zero-order valence-corrected chi connectivity index (χ0v) is 18.0. The SMILES string of the molecule is CCNC(=NCc1ccc(CN2CCCC2=O)cc1)NCCC(=O)N(CC)CC. The average molecular weight is 402 g/mol.